The largest absolute Gasteiger partial charge is 0.416 e. The van der Waals surface area contributed by atoms with Gasteiger partial charge in [-0.25, -0.2) is 0 Å². The molecule has 2 aliphatic rings. The van der Waals surface area contributed by atoms with Crippen LogP contribution in [0.25, 0.3) is 0 Å². The van der Waals surface area contributed by atoms with E-state index in [1.807, 2.05) is 6.07 Å². The van der Waals surface area contributed by atoms with Crippen LogP contribution in [0.1, 0.15) is 42.7 Å². The topological polar surface area (TPSA) is 12.0 Å². The molecular formula is C15H19ClF3N. The van der Waals surface area contributed by atoms with Crippen LogP contribution in [0.4, 0.5) is 13.2 Å². The number of hydrogen-bond donors (Lipinski definition) is 1. The molecule has 0 atom stereocenters. The van der Waals surface area contributed by atoms with Gasteiger partial charge in [0.15, 0.2) is 0 Å². The molecule has 1 N–H and O–H groups in total. The van der Waals surface area contributed by atoms with Crippen molar-refractivity contribution in [2.24, 2.45) is 5.41 Å². The van der Waals surface area contributed by atoms with Crippen molar-refractivity contribution in [2.75, 3.05) is 13.1 Å². The van der Waals surface area contributed by atoms with Gasteiger partial charge in [0.05, 0.1) is 5.56 Å². The van der Waals surface area contributed by atoms with Crippen LogP contribution < -0.4 is 5.32 Å². The fourth-order valence-corrected chi connectivity index (χ4v) is 3.56. The van der Waals surface area contributed by atoms with Gasteiger partial charge < -0.3 is 5.32 Å². The van der Waals surface area contributed by atoms with Crippen LogP contribution in [0.5, 0.6) is 0 Å². The van der Waals surface area contributed by atoms with E-state index >= 15 is 0 Å². The van der Waals surface area contributed by atoms with Crippen molar-refractivity contribution in [1.29, 1.82) is 0 Å². The Balaban J connectivity index is 0.00000147. The maximum Gasteiger partial charge on any atom is 0.416 e. The Kier molecular flexibility index (Phi) is 4.35. The lowest BCUT2D eigenvalue weighted by atomic mass is 9.56. The van der Waals surface area contributed by atoms with Crippen molar-refractivity contribution >= 4 is 12.4 Å². The number of benzene rings is 1. The summed E-state index contributed by atoms with van der Waals surface area (Å²) in [5.41, 5.74) is 0.750. The predicted molar refractivity (Wildman–Crippen MR) is 75.2 cm³/mol. The second-order valence-corrected chi connectivity index (χ2v) is 5.98. The average Bonchev–Trinajstić information content (AvgIpc) is 2.36. The summed E-state index contributed by atoms with van der Waals surface area (Å²) in [6.45, 7) is 2.10. The Labute approximate surface area is 123 Å². The second kappa shape index (κ2) is 5.57. The van der Waals surface area contributed by atoms with Gasteiger partial charge in [0.25, 0.3) is 0 Å². The van der Waals surface area contributed by atoms with E-state index in [0.29, 0.717) is 11.3 Å². The molecule has 1 spiro atoms. The Hall–Kier alpha value is -0.740. The standard InChI is InChI=1S/C15H18F3N.ClH/c16-15(17,18)13-3-1-2-11(8-13)12-9-14(10-12)4-6-19-7-5-14;/h1-3,8,12,19H,4-7,9-10H2;1H. The molecule has 1 saturated carbocycles. The number of piperidine rings is 1. The highest BCUT2D eigenvalue weighted by Crippen LogP contribution is 2.56. The molecule has 3 rings (SSSR count). The fourth-order valence-electron chi connectivity index (χ4n) is 3.56. The highest BCUT2D eigenvalue weighted by Gasteiger charge is 2.45. The van der Waals surface area contributed by atoms with Gasteiger partial charge in [0.2, 0.25) is 0 Å². The Bertz CT molecular complexity index is 458. The zero-order valence-corrected chi connectivity index (χ0v) is 12.0. The number of rotatable bonds is 1. The molecule has 112 valence electrons. The fraction of sp³-hybridized carbons (Fsp3) is 0.600. The van der Waals surface area contributed by atoms with E-state index in [1.165, 1.54) is 25.0 Å². The third-order valence-corrected chi connectivity index (χ3v) is 4.71. The highest BCUT2D eigenvalue weighted by atomic mass is 35.5. The van der Waals surface area contributed by atoms with Gasteiger partial charge in [-0.05, 0) is 61.7 Å². The molecular weight excluding hydrogens is 287 g/mol. The maximum atomic E-state index is 12.7. The first-order chi connectivity index (χ1) is 8.99. The Morgan fingerprint density at radius 2 is 1.75 bits per heavy atom. The zero-order chi connectivity index (χ0) is 13.5. The van der Waals surface area contributed by atoms with Crippen LogP contribution in [0.15, 0.2) is 24.3 Å². The molecule has 0 aromatic heterocycles. The first-order valence-electron chi connectivity index (χ1n) is 6.86. The van der Waals surface area contributed by atoms with E-state index in [1.54, 1.807) is 0 Å². The van der Waals surface area contributed by atoms with Crippen LogP contribution in [-0.4, -0.2) is 13.1 Å². The van der Waals surface area contributed by atoms with Gasteiger partial charge in [-0.15, -0.1) is 12.4 Å². The third kappa shape index (κ3) is 2.96. The van der Waals surface area contributed by atoms with Crippen molar-refractivity contribution in [3.05, 3.63) is 35.4 Å². The first kappa shape index (κ1) is 15.6. The monoisotopic (exact) mass is 305 g/mol. The first-order valence-corrected chi connectivity index (χ1v) is 6.86. The average molecular weight is 306 g/mol. The number of nitrogens with one attached hydrogen (secondary N) is 1. The van der Waals surface area contributed by atoms with Crippen LogP contribution in [0.3, 0.4) is 0 Å². The van der Waals surface area contributed by atoms with Crippen molar-refractivity contribution in [3.8, 4) is 0 Å². The molecule has 0 radical (unpaired) electrons. The minimum absolute atomic E-state index is 0. The molecule has 0 amide bonds. The smallest absolute Gasteiger partial charge is 0.317 e. The molecule has 1 heterocycles. The predicted octanol–water partition coefficient (Wildman–Crippen LogP) is 4.37. The summed E-state index contributed by atoms with van der Waals surface area (Å²) in [6.07, 6.45) is 0.211. The summed E-state index contributed by atoms with van der Waals surface area (Å²) in [5, 5.41) is 3.34. The van der Waals surface area contributed by atoms with Crippen molar-refractivity contribution in [1.82, 2.24) is 5.32 Å². The molecule has 1 aromatic rings. The molecule has 5 heteroatoms. The van der Waals surface area contributed by atoms with Gasteiger partial charge >= 0.3 is 6.18 Å². The molecule has 1 saturated heterocycles. The van der Waals surface area contributed by atoms with Gasteiger partial charge in [-0.1, -0.05) is 18.2 Å². The Morgan fingerprint density at radius 1 is 1.10 bits per heavy atom. The van der Waals surface area contributed by atoms with Crippen LogP contribution in [0, 0.1) is 5.41 Å². The lowest BCUT2D eigenvalue weighted by molar-refractivity contribution is -0.137. The summed E-state index contributed by atoms with van der Waals surface area (Å²) in [4.78, 5) is 0. The lowest BCUT2D eigenvalue weighted by Crippen LogP contribution is -2.44. The van der Waals surface area contributed by atoms with Crippen molar-refractivity contribution < 1.29 is 13.2 Å². The molecule has 1 aromatic carbocycles. The van der Waals surface area contributed by atoms with Crippen LogP contribution >= 0.6 is 12.4 Å². The van der Waals surface area contributed by atoms with E-state index in [0.717, 1.165) is 37.6 Å². The van der Waals surface area contributed by atoms with E-state index in [9.17, 15) is 13.2 Å². The molecule has 1 nitrogen and oxygen atoms in total. The van der Waals surface area contributed by atoms with E-state index in [2.05, 4.69) is 5.32 Å². The van der Waals surface area contributed by atoms with Crippen molar-refractivity contribution in [3.63, 3.8) is 0 Å². The molecule has 0 bridgehead atoms. The quantitative estimate of drug-likeness (QED) is 0.812. The highest BCUT2D eigenvalue weighted by molar-refractivity contribution is 5.85. The van der Waals surface area contributed by atoms with Crippen molar-refractivity contribution in [2.45, 2.75) is 37.8 Å². The number of alkyl halides is 3. The normalized spacial score (nSPS) is 22.1. The number of halogens is 4. The minimum Gasteiger partial charge on any atom is -0.317 e. The minimum atomic E-state index is -4.23. The molecule has 2 fully saturated rings. The van der Waals surface area contributed by atoms with Gasteiger partial charge in [0.1, 0.15) is 0 Å². The molecule has 1 aliphatic heterocycles. The molecule has 1 aliphatic carbocycles. The third-order valence-electron chi connectivity index (χ3n) is 4.71. The molecule has 0 unspecified atom stereocenters. The summed E-state index contributed by atoms with van der Waals surface area (Å²) in [5.74, 6) is 0.320. The van der Waals surface area contributed by atoms with Crippen LogP contribution in [0.2, 0.25) is 0 Å². The summed E-state index contributed by atoms with van der Waals surface area (Å²) >= 11 is 0. The Morgan fingerprint density at radius 3 is 2.35 bits per heavy atom. The zero-order valence-electron chi connectivity index (χ0n) is 11.2. The van der Waals surface area contributed by atoms with Crippen LogP contribution in [-0.2, 0) is 6.18 Å². The second-order valence-electron chi connectivity index (χ2n) is 5.98. The lowest BCUT2D eigenvalue weighted by Gasteiger charge is -2.50. The van der Waals surface area contributed by atoms with Gasteiger partial charge in [-0.3, -0.25) is 0 Å². The summed E-state index contributed by atoms with van der Waals surface area (Å²) in [7, 11) is 0. The summed E-state index contributed by atoms with van der Waals surface area (Å²) in [6, 6.07) is 5.86. The van der Waals surface area contributed by atoms with Gasteiger partial charge in [-0.2, -0.15) is 13.2 Å². The summed E-state index contributed by atoms with van der Waals surface area (Å²) < 4.78 is 38.1. The maximum absolute atomic E-state index is 12.7. The molecule has 20 heavy (non-hydrogen) atoms. The number of hydrogen-bond acceptors (Lipinski definition) is 1. The van der Waals surface area contributed by atoms with E-state index < -0.39 is 11.7 Å². The van der Waals surface area contributed by atoms with Gasteiger partial charge in [0, 0.05) is 0 Å². The van der Waals surface area contributed by atoms with E-state index in [4.69, 9.17) is 0 Å². The van der Waals surface area contributed by atoms with E-state index in [-0.39, 0.29) is 12.4 Å². The SMILES string of the molecule is Cl.FC(F)(F)c1cccc(C2CC3(CCNCC3)C2)c1.